The molecule has 138 valence electrons. The zero-order valence-electron chi connectivity index (χ0n) is 15.6. The Bertz CT molecular complexity index is 578. The lowest BCUT2D eigenvalue weighted by Gasteiger charge is -2.40. The molecule has 2 aliphatic heterocycles. The van der Waals surface area contributed by atoms with Crippen LogP contribution in [0.5, 0.6) is 0 Å². The molecule has 1 aromatic carbocycles. The average molecular weight is 346 g/mol. The molecule has 1 atom stereocenters. The molecule has 2 saturated heterocycles. The summed E-state index contributed by atoms with van der Waals surface area (Å²) in [5.41, 5.74) is 1.33. The first kappa shape index (κ1) is 18.4. The minimum absolute atomic E-state index is 0.160. The first-order valence-corrected chi connectivity index (χ1v) is 9.64. The van der Waals surface area contributed by atoms with Crippen LogP contribution in [0.4, 0.5) is 4.39 Å². The molecule has 3 nitrogen and oxygen atoms in total. The van der Waals surface area contributed by atoms with Gasteiger partial charge in [-0.15, -0.1) is 0 Å². The standard InChI is InChI=1S/C21H31FN2O/c1-21(9-12-23(2)13-10-21)15-20(25)24-11-3-4-18(16-24)14-17-5-7-19(22)8-6-17/h5-8,18H,3-4,9-16H2,1-2H3/t18-/m0/s1. The van der Waals surface area contributed by atoms with Gasteiger partial charge in [-0.05, 0) is 81.3 Å². The van der Waals surface area contributed by atoms with E-state index in [1.165, 1.54) is 17.7 Å². The number of carbonyl (C=O) groups excluding carboxylic acids is 1. The van der Waals surface area contributed by atoms with Gasteiger partial charge >= 0.3 is 0 Å². The highest BCUT2D eigenvalue weighted by atomic mass is 19.1. The second-order valence-corrected chi connectivity index (χ2v) is 8.47. The molecule has 2 heterocycles. The molecular formula is C21H31FN2O. The van der Waals surface area contributed by atoms with Crippen molar-refractivity contribution in [2.45, 2.75) is 45.4 Å². The maximum absolute atomic E-state index is 13.1. The maximum atomic E-state index is 13.1. The highest BCUT2D eigenvalue weighted by Gasteiger charge is 2.34. The predicted octanol–water partition coefficient (Wildman–Crippen LogP) is 3.73. The van der Waals surface area contributed by atoms with E-state index in [1.807, 2.05) is 12.1 Å². The molecule has 0 N–H and O–H groups in total. The van der Waals surface area contributed by atoms with Crippen molar-refractivity contribution in [3.05, 3.63) is 35.6 Å². The van der Waals surface area contributed by atoms with Gasteiger partial charge in [0.15, 0.2) is 0 Å². The molecule has 0 spiro atoms. The summed E-state index contributed by atoms with van der Waals surface area (Å²) in [5, 5.41) is 0. The quantitative estimate of drug-likeness (QED) is 0.829. The van der Waals surface area contributed by atoms with Gasteiger partial charge in [-0.25, -0.2) is 4.39 Å². The van der Waals surface area contributed by atoms with E-state index in [0.717, 1.165) is 58.3 Å². The Labute approximate surface area is 151 Å². The third-order valence-corrected chi connectivity index (χ3v) is 6.08. The number of piperidine rings is 2. The van der Waals surface area contributed by atoms with Gasteiger partial charge in [-0.1, -0.05) is 19.1 Å². The third kappa shape index (κ3) is 5.04. The second kappa shape index (κ2) is 7.86. The Balaban J connectivity index is 1.53. The molecule has 0 radical (unpaired) electrons. The first-order chi connectivity index (χ1) is 11.9. The van der Waals surface area contributed by atoms with Crippen LogP contribution in [0.15, 0.2) is 24.3 Å². The summed E-state index contributed by atoms with van der Waals surface area (Å²) in [4.78, 5) is 17.3. The molecule has 0 unspecified atom stereocenters. The Kier molecular flexibility index (Phi) is 5.78. The summed E-state index contributed by atoms with van der Waals surface area (Å²) < 4.78 is 13.1. The van der Waals surface area contributed by atoms with E-state index in [9.17, 15) is 9.18 Å². The summed E-state index contributed by atoms with van der Waals surface area (Å²) in [6.45, 7) is 6.21. The van der Waals surface area contributed by atoms with Crippen LogP contribution in [0.2, 0.25) is 0 Å². The molecule has 1 amide bonds. The molecule has 0 saturated carbocycles. The minimum atomic E-state index is -0.185. The van der Waals surface area contributed by atoms with E-state index in [1.54, 1.807) is 0 Å². The van der Waals surface area contributed by atoms with Gasteiger partial charge in [0.2, 0.25) is 5.91 Å². The van der Waals surface area contributed by atoms with Crippen LogP contribution in [0.25, 0.3) is 0 Å². The van der Waals surface area contributed by atoms with E-state index in [2.05, 4.69) is 23.8 Å². The monoisotopic (exact) mass is 346 g/mol. The van der Waals surface area contributed by atoms with Crippen LogP contribution in [0.1, 0.15) is 44.6 Å². The van der Waals surface area contributed by atoms with Crippen molar-refractivity contribution in [3.8, 4) is 0 Å². The molecule has 4 heteroatoms. The Morgan fingerprint density at radius 2 is 1.88 bits per heavy atom. The van der Waals surface area contributed by atoms with Gasteiger partial charge in [0, 0.05) is 19.5 Å². The average Bonchev–Trinajstić information content (AvgIpc) is 2.60. The van der Waals surface area contributed by atoms with Gasteiger partial charge in [0.05, 0.1) is 0 Å². The van der Waals surface area contributed by atoms with Crippen LogP contribution >= 0.6 is 0 Å². The lowest BCUT2D eigenvalue weighted by Crippen LogP contribution is -2.44. The number of amides is 1. The van der Waals surface area contributed by atoms with Crippen LogP contribution in [-0.4, -0.2) is 48.9 Å². The van der Waals surface area contributed by atoms with Crippen LogP contribution in [0.3, 0.4) is 0 Å². The highest BCUT2D eigenvalue weighted by molar-refractivity contribution is 5.77. The van der Waals surface area contributed by atoms with Gasteiger partial charge < -0.3 is 9.80 Å². The SMILES string of the molecule is CN1CCC(C)(CC(=O)N2CCC[C@@H](Cc3ccc(F)cc3)C2)CC1. The van der Waals surface area contributed by atoms with E-state index < -0.39 is 0 Å². The zero-order chi connectivity index (χ0) is 17.9. The molecule has 0 aromatic heterocycles. The molecule has 2 aliphatic rings. The summed E-state index contributed by atoms with van der Waals surface area (Å²) in [6, 6.07) is 6.80. The van der Waals surface area contributed by atoms with Gasteiger partial charge in [0.1, 0.15) is 5.82 Å². The number of nitrogens with zero attached hydrogens (tertiary/aromatic N) is 2. The van der Waals surface area contributed by atoms with Crippen molar-refractivity contribution >= 4 is 5.91 Å². The van der Waals surface area contributed by atoms with Crippen molar-refractivity contribution in [1.82, 2.24) is 9.80 Å². The lowest BCUT2D eigenvalue weighted by atomic mass is 9.77. The Morgan fingerprint density at radius 1 is 1.20 bits per heavy atom. The normalized spacial score (nSPS) is 24.3. The molecule has 25 heavy (non-hydrogen) atoms. The lowest BCUT2D eigenvalue weighted by molar-refractivity contribution is -0.136. The number of likely N-dealkylation sites (tertiary alicyclic amines) is 2. The molecule has 2 fully saturated rings. The van der Waals surface area contributed by atoms with E-state index in [4.69, 9.17) is 0 Å². The number of hydrogen-bond acceptors (Lipinski definition) is 2. The van der Waals surface area contributed by atoms with Gasteiger partial charge in [-0.2, -0.15) is 0 Å². The summed E-state index contributed by atoms with van der Waals surface area (Å²) in [7, 11) is 2.16. The van der Waals surface area contributed by atoms with Crippen LogP contribution in [0, 0.1) is 17.2 Å². The van der Waals surface area contributed by atoms with Crippen LogP contribution < -0.4 is 0 Å². The third-order valence-electron chi connectivity index (χ3n) is 6.08. The van der Waals surface area contributed by atoms with Crippen LogP contribution in [-0.2, 0) is 11.2 Å². The van der Waals surface area contributed by atoms with Gasteiger partial charge in [-0.3, -0.25) is 4.79 Å². The van der Waals surface area contributed by atoms with Gasteiger partial charge in [0.25, 0.3) is 0 Å². The largest absolute Gasteiger partial charge is 0.342 e. The first-order valence-electron chi connectivity index (χ1n) is 9.64. The van der Waals surface area contributed by atoms with Crippen molar-refractivity contribution in [3.63, 3.8) is 0 Å². The molecule has 1 aromatic rings. The van der Waals surface area contributed by atoms with Crippen molar-refractivity contribution in [2.24, 2.45) is 11.3 Å². The van der Waals surface area contributed by atoms with Crippen molar-refractivity contribution in [1.29, 1.82) is 0 Å². The molecule has 0 bridgehead atoms. The van der Waals surface area contributed by atoms with E-state index >= 15 is 0 Å². The maximum Gasteiger partial charge on any atom is 0.223 e. The molecular weight excluding hydrogens is 315 g/mol. The summed E-state index contributed by atoms with van der Waals surface area (Å²) in [5.74, 6) is 0.639. The fourth-order valence-corrected chi connectivity index (χ4v) is 4.22. The fourth-order valence-electron chi connectivity index (χ4n) is 4.22. The Morgan fingerprint density at radius 3 is 2.56 bits per heavy atom. The van der Waals surface area contributed by atoms with Crippen molar-refractivity contribution in [2.75, 3.05) is 33.2 Å². The topological polar surface area (TPSA) is 23.6 Å². The molecule has 0 aliphatic carbocycles. The number of halogens is 1. The minimum Gasteiger partial charge on any atom is -0.342 e. The number of carbonyl (C=O) groups is 1. The highest BCUT2D eigenvalue weighted by Crippen LogP contribution is 2.35. The fraction of sp³-hybridized carbons (Fsp3) is 0.667. The number of rotatable bonds is 4. The molecule has 3 rings (SSSR count). The zero-order valence-corrected chi connectivity index (χ0v) is 15.6. The Hall–Kier alpha value is -1.42. The second-order valence-electron chi connectivity index (χ2n) is 8.47. The van der Waals surface area contributed by atoms with E-state index in [0.29, 0.717) is 18.2 Å². The predicted molar refractivity (Wildman–Crippen MR) is 98.9 cm³/mol. The smallest absolute Gasteiger partial charge is 0.223 e. The number of benzene rings is 1. The number of hydrogen-bond donors (Lipinski definition) is 0. The summed E-state index contributed by atoms with van der Waals surface area (Å²) >= 11 is 0. The summed E-state index contributed by atoms with van der Waals surface area (Å²) in [6.07, 6.45) is 6.08. The van der Waals surface area contributed by atoms with E-state index in [-0.39, 0.29) is 11.2 Å². The van der Waals surface area contributed by atoms with Crippen molar-refractivity contribution < 1.29 is 9.18 Å².